The number of para-hydroxylation sites is 1. The largest absolute Gasteiger partial charge is 0.457 e. The van der Waals surface area contributed by atoms with E-state index in [4.69, 9.17) is 9.84 Å². The van der Waals surface area contributed by atoms with E-state index in [0.29, 0.717) is 6.54 Å². The first-order chi connectivity index (χ1) is 8.38. The van der Waals surface area contributed by atoms with Crippen molar-refractivity contribution in [3.8, 4) is 11.5 Å². The fourth-order valence-corrected chi connectivity index (χ4v) is 1.47. The summed E-state index contributed by atoms with van der Waals surface area (Å²) in [6.45, 7) is 0.682. The van der Waals surface area contributed by atoms with Crippen LogP contribution in [0.15, 0.2) is 54.6 Å². The number of aliphatic hydroxyl groups excluding tert-OH is 1. The van der Waals surface area contributed by atoms with Crippen molar-refractivity contribution in [3.63, 3.8) is 0 Å². The first-order valence-electron chi connectivity index (χ1n) is 5.56. The number of anilines is 1. The quantitative estimate of drug-likeness (QED) is 0.828. The maximum absolute atomic E-state index is 8.69. The Bertz CT molecular complexity index is 440. The predicted octanol–water partition coefficient (Wildman–Crippen LogP) is 2.88. The van der Waals surface area contributed by atoms with E-state index in [0.717, 1.165) is 17.2 Å². The third kappa shape index (κ3) is 3.50. The van der Waals surface area contributed by atoms with Crippen LogP contribution in [-0.2, 0) is 0 Å². The number of ether oxygens (including phenoxy) is 1. The molecule has 2 aromatic rings. The van der Waals surface area contributed by atoms with E-state index in [1.54, 1.807) is 0 Å². The molecule has 88 valence electrons. The first-order valence-corrected chi connectivity index (χ1v) is 5.56. The molecule has 0 saturated heterocycles. The van der Waals surface area contributed by atoms with Crippen LogP contribution in [0.25, 0.3) is 0 Å². The topological polar surface area (TPSA) is 41.5 Å². The third-order valence-electron chi connectivity index (χ3n) is 2.27. The number of hydrogen-bond acceptors (Lipinski definition) is 3. The lowest BCUT2D eigenvalue weighted by molar-refractivity contribution is 0.311. The molecule has 0 aliphatic heterocycles. The molecule has 0 spiro atoms. The molecule has 0 amide bonds. The normalized spacial score (nSPS) is 9.94. The maximum Gasteiger partial charge on any atom is 0.127 e. The molecule has 0 fully saturated rings. The lowest BCUT2D eigenvalue weighted by Gasteiger charge is -2.07. The summed E-state index contributed by atoms with van der Waals surface area (Å²) in [7, 11) is 0. The second kappa shape index (κ2) is 5.92. The van der Waals surface area contributed by atoms with Crippen molar-refractivity contribution in [2.45, 2.75) is 0 Å². The lowest BCUT2D eigenvalue weighted by atomic mass is 10.3. The second-order valence-electron chi connectivity index (χ2n) is 3.59. The first kappa shape index (κ1) is 11.5. The van der Waals surface area contributed by atoms with Gasteiger partial charge in [0.1, 0.15) is 11.5 Å². The molecule has 0 bridgehead atoms. The number of hydrogen-bond donors (Lipinski definition) is 2. The average molecular weight is 229 g/mol. The molecule has 3 nitrogen and oxygen atoms in total. The number of rotatable bonds is 5. The van der Waals surface area contributed by atoms with Crippen molar-refractivity contribution in [1.29, 1.82) is 0 Å². The van der Waals surface area contributed by atoms with E-state index >= 15 is 0 Å². The summed E-state index contributed by atoms with van der Waals surface area (Å²) in [4.78, 5) is 0. The Hall–Kier alpha value is -2.00. The Morgan fingerprint density at radius 3 is 2.18 bits per heavy atom. The molecule has 0 unspecified atom stereocenters. The highest BCUT2D eigenvalue weighted by molar-refractivity contribution is 5.47. The summed E-state index contributed by atoms with van der Waals surface area (Å²) in [6, 6.07) is 17.3. The minimum Gasteiger partial charge on any atom is -0.457 e. The highest BCUT2D eigenvalue weighted by Gasteiger charge is 1.96. The van der Waals surface area contributed by atoms with Crippen molar-refractivity contribution in [2.24, 2.45) is 0 Å². The molecule has 0 aliphatic rings. The van der Waals surface area contributed by atoms with Gasteiger partial charge in [0, 0.05) is 12.2 Å². The highest BCUT2D eigenvalue weighted by Crippen LogP contribution is 2.22. The summed E-state index contributed by atoms with van der Waals surface area (Å²) in [5, 5.41) is 11.8. The summed E-state index contributed by atoms with van der Waals surface area (Å²) >= 11 is 0. The van der Waals surface area contributed by atoms with Crippen LogP contribution in [0, 0.1) is 0 Å². The zero-order valence-corrected chi connectivity index (χ0v) is 9.47. The molecule has 0 aromatic heterocycles. The van der Waals surface area contributed by atoms with E-state index in [2.05, 4.69) is 5.32 Å². The fourth-order valence-electron chi connectivity index (χ4n) is 1.47. The number of nitrogens with one attached hydrogen (secondary N) is 1. The van der Waals surface area contributed by atoms with Crippen LogP contribution in [0.1, 0.15) is 0 Å². The molecule has 0 aliphatic carbocycles. The lowest BCUT2D eigenvalue weighted by Crippen LogP contribution is -2.04. The summed E-state index contributed by atoms with van der Waals surface area (Å²) in [5.74, 6) is 1.62. The van der Waals surface area contributed by atoms with E-state index in [9.17, 15) is 0 Å². The fraction of sp³-hybridized carbons (Fsp3) is 0.143. The van der Waals surface area contributed by atoms with Crippen LogP contribution < -0.4 is 10.1 Å². The van der Waals surface area contributed by atoms with Gasteiger partial charge in [0.2, 0.25) is 0 Å². The molecule has 17 heavy (non-hydrogen) atoms. The Balaban J connectivity index is 1.98. The third-order valence-corrected chi connectivity index (χ3v) is 2.27. The van der Waals surface area contributed by atoms with Gasteiger partial charge in [-0.05, 0) is 36.4 Å². The Morgan fingerprint density at radius 1 is 0.882 bits per heavy atom. The van der Waals surface area contributed by atoms with Gasteiger partial charge in [-0.2, -0.15) is 0 Å². The smallest absolute Gasteiger partial charge is 0.127 e. The van der Waals surface area contributed by atoms with E-state index in [1.165, 1.54) is 0 Å². The van der Waals surface area contributed by atoms with Crippen LogP contribution in [0.4, 0.5) is 5.69 Å². The average Bonchev–Trinajstić information content (AvgIpc) is 2.39. The molecule has 2 aromatic carbocycles. The van der Waals surface area contributed by atoms with Gasteiger partial charge in [-0.3, -0.25) is 0 Å². The SMILES string of the molecule is OCCNc1ccc(Oc2ccccc2)cc1. The Kier molecular flexibility index (Phi) is 4.00. The van der Waals surface area contributed by atoms with E-state index < -0.39 is 0 Å². The van der Waals surface area contributed by atoms with Crippen molar-refractivity contribution >= 4 is 5.69 Å². The minimum absolute atomic E-state index is 0.127. The van der Waals surface area contributed by atoms with Crippen molar-refractivity contribution < 1.29 is 9.84 Å². The van der Waals surface area contributed by atoms with Crippen molar-refractivity contribution in [1.82, 2.24) is 0 Å². The second-order valence-corrected chi connectivity index (χ2v) is 3.59. The van der Waals surface area contributed by atoms with Gasteiger partial charge in [-0.25, -0.2) is 0 Å². The van der Waals surface area contributed by atoms with E-state index in [-0.39, 0.29) is 6.61 Å². The standard InChI is InChI=1S/C14H15NO2/c16-11-10-15-12-6-8-14(9-7-12)17-13-4-2-1-3-5-13/h1-9,15-16H,10-11H2. The summed E-state index contributed by atoms with van der Waals surface area (Å²) < 4.78 is 5.66. The Morgan fingerprint density at radius 2 is 1.53 bits per heavy atom. The summed E-state index contributed by atoms with van der Waals surface area (Å²) in [5.41, 5.74) is 0.972. The van der Waals surface area contributed by atoms with Gasteiger partial charge < -0.3 is 15.2 Å². The van der Waals surface area contributed by atoms with Crippen LogP contribution in [0.2, 0.25) is 0 Å². The molecular formula is C14H15NO2. The molecule has 0 saturated carbocycles. The predicted molar refractivity (Wildman–Crippen MR) is 68.5 cm³/mol. The number of benzene rings is 2. The van der Waals surface area contributed by atoms with Crippen molar-refractivity contribution in [3.05, 3.63) is 54.6 Å². The van der Waals surface area contributed by atoms with Gasteiger partial charge in [-0.1, -0.05) is 18.2 Å². The minimum atomic E-state index is 0.127. The van der Waals surface area contributed by atoms with Crippen molar-refractivity contribution in [2.75, 3.05) is 18.5 Å². The molecule has 0 atom stereocenters. The zero-order valence-electron chi connectivity index (χ0n) is 9.47. The highest BCUT2D eigenvalue weighted by atomic mass is 16.5. The zero-order chi connectivity index (χ0) is 11.9. The number of aliphatic hydroxyl groups is 1. The molecule has 0 heterocycles. The van der Waals surface area contributed by atoms with Gasteiger partial charge in [0.05, 0.1) is 6.61 Å². The van der Waals surface area contributed by atoms with Gasteiger partial charge in [-0.15, -0.1) is 0 Å². The molecule has 2 N–H and O–H groups in total. The van der Waals surface area contributed by atoms with Crippen LogP contribution in [0.3, 0.4) is 0 Å². The van der Waals surface area contributed by atoms with Crippen LogP contribution >= 0.6 is 0 Å². The van der Waals surface area contributed by atoms with E-state index in [1.807, 2.05) is 54.6 Å². The molecule has 2 rings (SSSR count). The van der Waals surface area contributed by atoms with Gasteiger partial charge in [0.15, 0.2) is 0 Å². The van der Waals surface area contributed by atoms with Gasteiger partial charge in [0.25, 0.3) is 0 Å². The molecule has 3 heteroatoms. The maximum atomic E-state index is 8.69. The molecule has 0 radical (unpaired) electrons. The van der Waals surface area contributed by atoms with Crippen LogP contribution in [0.5, 0.6) is 11.5 Å². The van der Waals surface area contributed by atoms with Gasteiger partial charge >= 0.3 is 0 Å². The summed E-state index contributed by atoms with van der Waals surface area (Å²) in [6.07, 6.45) is 0. The molecular weight excluding hydrogens is 214 g/mol. The van der Waals surface area contributed by atoms with Crippen LogP contribution in [-0.4, -0.2) is 18.3 Å². The monoisotopic (exact) mass is 229 g/mol. The Labute approximate surface area is 101 Å².